The highest BCUT2D eigenvalue weighted by Gasteiger charge is 2.15. The van der Waals surface area contributed by atoms with E-state index in [4.69, 9.17) is 16.0 Å². The van der Waals surface area contributed by atoms with Crippen LogP contribution in [0.25, 0.3) is 11.0 Å². The first-order valence-corrected chi connectivity index (χ1v) is 7.02. The van der Waals surface area contributed by atoms with Crippen molar-refractivity contribution in [1.29, 1.82) is 0 Å². The van der Waals surface area contributed by atoms with Crippen molar-refractivity contribution in [2.45, 2.75) is 0 Å². The lowest BCUT2D eigenvalue weighted by Gasteiger charge is -2.12. The van der Waals surface area contributed by atoms with Gasteiger partial charge in [0.1, 0.15) is 0 Å². The fourth-order valence-electron chi connectivity index (χ4n) is 2.28. The Kier molecular flexibility index (Phi) is 3.57. The van der Waals surface area contributed by atoms with E-state index in [1.165, 1.54) is 41.6 Å². The van der Waals surface area contributed by atoms with Gasteiger partial charge in [-0.2, -0.15) is 0 Å². The summed E-state index contributed by atoms with van der Waals surface area (Å²) in [6.07, 6.45) is 1.39. The molecule has 3 rings (SSSR count). The van der Waals surface area contributed by atoms with Crippen LogP contribution in [0.4, 0.5) is 5.69 Å². The number of carbonyl (C=O) groups excluding carboxylic acids is 1. The van der Waals surface area contributed by atoms with E-state index >= 15 is 0 Å². The number of hydrogen-bond acceptors (Lipinski definition) is 4. The van der Waals surface area contributed by atoms with Crippen molar-refractivity contribution < 1.29 is 9.21 Å². The Bertz CT molecular complexity index is 1030. The molecular formula is C15H12ClN3O4. The van der Waals surface area contributed by atoms with Gasteiger partial charge in [-0.3, -0.25) is 14.4 Å². The molecule has 0 bridgehead atoms. The van der Waals surface area contributed by atoms with E-state index in [0.29, 0.717) is 16.7 Å². The van der Waals surface area contributed by atoms with Gasteiger partial charge in [-0.25, -0.2) is 0 Å². The SMILES string of the molecule is Cn1c(=O)c(=O)n(C)c2cc(NC(=O)c3ccco3)c(Cl)cc21. The highest BCUT2D eigenvalue weighted by molar-refractivity contribution is 6.34. The molecule has 8 heteroatoms. The van der Waals surface area contributed by atoms with Crippen LogP contribution in [0.2, 0.25) is 5.02 Å². The van der Waals surface area contributed by atoms with Gasteiger partial charge in [-0.15, -0.1) is 0 Å². The van der Waals surface area contributed by atoms with E-state index in [1.54, 1.807) is 12.1 Å². The van der Waals surface area contributed by atoms with Gasteiger partial charge in [0.2, 0.25) is 0 Å². The van der Waals surface area contributed by atoms with E-state index in [9.17, 15) is 14.4 Å². The zero-order valence-corrected chi connectivity index (χ0v) is 13.0. The van der Waals surface area contributed by atoms with Crippen molar-refractivity contribution in [3.8, 4) is 0 Å². The van der Waals surface area contributed by atoms with E-state index in [-0.39, 0.29) is 10.8 Å². The Morgan fingerprint density at radius 2 is 1.74 bits per heavy atom. The molecule has 0 saturated heterocycles. The number of rotatable bonds is 2. The molecule has 0 spiro atoms. The molecule has 0 atom stereocenters. The van der Waals surface area contributed by atoms with Crippen molar-refractivity contribution in [3.63, 3.8) is 0 Å². The lowest BCUT2D eigenvalue weighted by Crippen LogP contribution is -2.39. The topological polar surface area (TPSA) is 86.2 Å². The highest BCUT2D eigenvalue weighted by atomic mass is 35.5. The Morgan fingerprint density at radius 3 is 2.30 bits per heavy atom. The lowest BCUT2D eigenvalue weighted by atomic mass is 10.2. The second-order valence-electron chi connectivity index (χ2n) is 4.98. The van der Waals surface area contributed by atoms with Crippen LogP contribution < -0.4 is 16.4 Å². The first kappa shape index (κ1) is 15.1. The molecule has 0 unspecified atom stereocenters. The van der Waals surface area contributed by atoms with E-state index < -0.39 is 17.0 Å². The number of nitrogens with one attached hydrogen (secondary N) is 1. The van der Waals surface area contributed by atoms with Crippen LogP contribution in [0.15, 0.2) is 44.5 Å². The van der Waals surface area contributed by atoms with Gasteiger partial charge in [0.05, 0.1) is 28.0 Å². The van der Waals surface area contributed by atoms with Gasteiger partial charge in [0.25, 0.3) is 5.91 Å². The number of aromatic nitrogens is 2. The molecule has 23 heavy (non-hydrogen) atoms. The molecule has 0 radical (unpaired) electrons. The number of carbonyl (C=O) groups is 1. The molecular weight excluding hydrogens is 322 g/mol. The molecule has 2 heterocycles. The largest absolute Gasteiger partial charge is 0.459 e. The van der Waals surface area contributed by atoms with E-state index in [0.717, 1.165) is 0 Å². The molecule has 1 aromatic carbocycles. The van der Waals surface area contributed by atoms with Gasteiger partial charge < -0.3 is 18.9 Å². The summed E-state index contributed by atoms with van der Waals surface area (Å²) in [5, 5.41) is 2.86. The molecule has 0 aliphatic rings. The maximum Gasteiger partial charge on any atom is 0.316 e. The summed E-state index contributed by atoms with van der Waals surface area (Å²) in [4.78, 5) is 35.8. The predicted octanol–water partition coefficient (Wildman–Crippen LogP) is 1.74. The third kappa shape index (κ3) is 2.44. The number of nitrogens with zero attached hydrogens (tertiary/aromatic N) is 2. The monoisotopic (exact) mass is 333 g/mol. The highest BCUT2D eigenvalue weighted by Crippen LogP contribution is 2.27. The van der Waals surface area contributed by atoms with Gasteiger partial charge in [0.15, 0.2) is 5.76 Å². The van der Waals surface area contributed by atoms with Crippen molar-refractivity contribution in [2.24, 2.45) is 14.1 Å². The minimum absolute atomic E-state index is 0.135. The summed E-state index contributed by atoms with van der Waals surface area (Å²) in [5.74, 6) is -0.332. The summed E-state index contributed by atoms with van der Waals surface area (Å²) in [6, 6.07) is 6.18. The lowest BCUT2D eigenvalue weighted by molar-refractivity contribution is 0.0996. The molecule has 7 nitrogen and oxygen atoms in total. The minimum Gasteiger partial charge on any atom is -0.459 e. The smallest absolute Gasteiger partial charge is 0.316 e. The number of amides is 1. The first-order chi connectivity index (χ1) is 10.9. The van der Waals surface area contributed by atoms with Crippen LogP contribution in [0.5, 0.6) is 0 Å². The third-order valence-electron chi connectivity index (χ3n) is 3.57. The predicted molar refractivity (Wildman–Crippen MR) is 86.1 cm³/mol. The summed E-state index contributed by atoms with van der Waals surface area (Å²) >= 11 is 6.18. The van der Waals surface area contributed by atoms with Crippen LogP contribution >= 0.6 is 11.6 Å². The fourth-order valence-corrected chi connectivity index (χ4v) is 2.49. The maximum atomic E-state index is 12.0. The molecule has 1 amide bonds. The van der Waals surface area contributed by atoms with Crippen LogP contribution in [-0.2, 0) is 14.1 Å². The second-order valence-corrected chi connectivity index (χ2v) is 5.39. The molecule has 2 aromatic heterocycles. The average molecular weight is 334 g/mol. The molecule has 3 aromatic rings. The summed E-state index contributed by atoms with van der Waals surface area (Å²) in [7, 11) is 2.97. The molecule has 0 aliphatic heterocycles. The second kappa shape index (κ2) is 5.44. The number of aryl methyl sites for hydroxylation is 2. The standard InChI is InChI=1S/C15H12ClN3O4/c1-18-10-6-8(16)9(17-13(20)12-4-3-5-23-12)7-11(10)19(2)15(22)14(18)21/h3-7H,1-2H3,(H,17,20). The first-order valence-electron chi connectivity index (χ1n) is 6.64. The number of benzene rings is 1. The molecule has 0 saturated carbocycles. The van der Waals surface area contributed by atoms with Gasteiger partial charge >= 0.3 is 11.1 Å². The summed E-state index contributed by atoms with van der Waals surface area (Å²) < 4.78 is 7.46. The zero-order chi connectivity index (χ0) is 16.7. The number of anilines is 1. The summed E-state index contributed by atoms with van der Waals surface area (Å²) in [5.41, 5.74) is -0.0439. The van der Waals surface area contributed by atoms with E-state index in [1.807, 2.05) is 0 Å². The fraction of sp³-hybridized carbons (Fsp3) is 0.133. The Labute approximate surface area is 134 Å². The van der Waals surface area contributed by atoms with E-state index in [2.05, 4.69) is 5.32 Å². The third-order valence-corrected chi connectivity index (χ3v) is 3.89. The zero-order valence-electron chi connectivity index (χ0n) is 12.3. The normalized spacial score (nSPS) is 10.9. The Morgan fingerprint density at radius 1 is 1.13 bits per heavy atom. The quantitative estimate of drug-likeness (QED) is 0.724. The van der Waals surface area contributed by atoms with Crippen molar-refractivity contribution in [1.82, 2.24) is 9.13 Å². The van der Waals surface area contributed by atoms with Gasteiger partial charge in [-0.05, 0) is 24.3 Å². The molecule has 118 valence electrons. The number of halogens is 1. The van der Waals surface area contributed by atoms with Crippen molar-refractivity contribution in [3.05, 3.63) is 62.0 Å². The molecule has 0 aliphatic carbocycles. The van der Waals surface area contributed by atoms with Crippen LogP contribution in [-0.4, -0.2) is 15.0 Å². The average Bonchev–Trinajstić information content (AvgIpc) is 3.07. The van der Waals surface area contributed by atoms with Gasteiger partial charge in [-0.1, -0.05) is 11.6 Å². The Balaban J connectivity index is 2.17. The molecule has 0 fully saturated rings. The Hall–Kier alpha value is -2.80. The van der Waals surface area contributed by atoms with Crippen LogP contribution in [0.1, 0.15) is 10.6 Å². The maximum absolute atomic E-state index is 12.0. The van der Waals surface area contributed by atoms with Crippen molar-refractivity contribution in [2.75, 3.05) is 5.32 Å². The van der Waals surface area contributed by atoms with Crippen LogP contribution in [0, 0.1) is 0 Å². The number of hydrogen-bond donors (Lipinski definition) is 1. The van der Waals surface area contributed by atoms with Crippen LogP contribution in [0.3, 0.4) is 0 Å². The minimum atomic E-state index is -0.661. The number of furan rings is 1. The summed E-state index contributed by atoms with van der Waals surface area (Å²) in [6.45, 7) is 0. The van der Waals surface area contributed by atoms with Crippen molar-refractivity contribution >= 4 is 34.2 Å². The number of fused-ring (bicyclic) bond motifs is 1. The van der Waals surface area contributed by atoms with Gasteiger partial charge in [0, 0.05) is 14.1 Å². The molecule has 1 N–H and O–H groups in total.